The second-order valence-electron chi connectivity index (χ2n) is 9.10. The van der Waals surface area contributed by atoms with Gasteiger partial charge in [-0.3, -0.25) is 4.90 Å². The number of hydrogen-bond donors (Lipinski definition) is 2. The second-order valence-corrected chi connectivity index (χ2v) is 9.10. The number of benzene rings is 1. The van der Waals surface area contributed by atoms with Gasteiger partial charge >= 0.3 is 6.18 Å². The number of aromatic nitrogens is 3. The molecule has 168 valence electrons. The summed E-state index contributed by atoms with van der Waals surface area (Å²) in [5.74, 6) is 1.56. The Bertz CT molecular complexity index is 1130. The van der Waals surface area contributed by atoms with Crippen molar-refractivity contribution in [3.63, 3.8) is 0 Å². The van der Waals surface area contributed by atoms with E-state index in [1.807, 2.05) is 12.1 Å². The Morgan fingerprint density at radius 1 is 1.09 bits per heavy atom. The highest BCUT2D eigenvalue weighted by molar-refractivity contribution is 5.88. The molecule has 4 atom stereocenters. The number of ether oxygens (including phenoxy) is 1. The highest BCUT2D eigenvalue weighted by Gasteiger charge is 2.43. The van der Waals surface area contributed by atoms with Crippen molar-refractivity contribution >= 4 is 16.9 Å². The van der Waals surface area contributed by atoms with Crippen molar-refractivity contribution in [2.45, 2.75) is 31.1 Å². The Balaban J connectivity index is 1.37. The lowest BCUT2D eigenvalue weighted by Crippen LogP contribution is -2.44. The van der Waals surface area contributed by atoms with E-state index in [-0.39, 0.29) is 17.7 Å². The van der Waals surface area contributed by atoms with Gasteiger partial charge in [0.05, 0.1) is 24.6 Å². The van der Waals surface area contributed by atoms with Gasteiger partial charge in [-0.2, -0.15) is 13.2 Å². The molecule has 3 aromatic rings. The van der Waals surface area contributed by atoms with Gasteiger partial charge in [0.2, 0.25) is 0 Å². The molecule has 0 spiro atoms. The van der Waals surface area contributed by atoms with Crippen LogP contribution in [0.15, 0.2) is 36.7 Å². The summed E-state index contributed by atoms with van der Waals surface area (Å²) in [6.07, 6.45) is -1.18. The zero-order chi connectivity index (χ0) is 21.9. The molecule has 2 fully saturated rings. The van der Waals surface area contributed by atoms with E-state index in [9.17, 15) is 13.2 Å². The average Bonchev–Trinajstić information content (AvgIpc) is 3.48. The molecule has 6 nitrogen and oxygen atoms in total. The van der Waals surface area contributed by atoms with E-state index >= 15 is 0 Å². The van der Waals surface area contributed by atoms with Crippen molar-refractivity contribution in [2.24, 2.45) is 11.8 Å². The van der Waals surface area contributed by atoms with E-state index in [1.165, 1.54) is 17.5 Å². The van der Waals surface area contributed by atoms with Gasteiger partial charge in [0.15, 0.2) is 0 Å². The summed E-state index contributed by atoms with van der Waals surface area (Å²) >= 11 is 0. The summed E-state index contributed by atoms with van der Waals surface area (Å²) in [6.45, 7) is 3.63. The summed E-state index contributed by atoms with van der Waals surface area (Å²) in [5.41, 5.74) is 1.84. The summed E-state index contributed by atoms with van der Waals surface area (Å²) in [4.78, 5) is 13.3. The van der Waals surface area contributed by atoms with Crippen molar-refractivity contribution in [1.29, 1.82) is 0 Å². The van der Waals surface area contributed by atoms with Gasteiger partial charge < -0.3 is 15.0 Å². The predicted molar refractivity (Wildman–Crippen MR) is 113 cm³/mol. The number of nitrogens with one attached hydrogen (secondary N) is 2. The molecule has 0 unspecified atom stereocenters. The lowest BCUT2D eigenvalue weighted by Gasteiger charge is -2.40. The molecule has 1 aromatic carbocycles. The normalized spacial score (nSPS) is 28.1. The van der Waals surface area contributed by atoms with Crippen LogP contribution in [0, 0.1) is 11.8 Å². The molecule has 0 saturated carbocycles. The maximum Gasteiger partial charge on any atom is 0.431 e. The summed E-state index contributed by atoms with van der Waals surface area (Å²) in [7, 11) is 0. The van der Waals surface area contributed by atoms with Crippen molar-refractivity contribution in [1.82, 2.24) is 19.9 Å². The molecule has 2 saturated heterocycles. The first kappa shape index (κ1) is 20.0. The number of rotatable bonds is 3. The number of aromatic amines is 1. The van der Waals surface area contributed by atoms with Crippen LogP contribution in [0.3, 0.4) is 0 Å². The monoisotopic (exact) mass is 443 g/mol. The van der Waals surface area contributed by atoms with Crippen LogP contribution in [0.25, 0.3) is 11.0 Å². The molecule has 0 radical (unpaired) electrons. The van der Waals surface area contributed by atoms with Crippen LogP contribution in [0.1, 0.15) is 29.3 Å². The van der Waals surface area contributed by atoms with Crippen LogP contribution in [0.5, 0.6) is 0 Å². The largest absolute Gasteiger partial charge is 0.431 e. The number of likely N-dealkylation sites (tertiary alicyclic amines) is 1. The smallest absolute Gasteiger partial charge is 0.381 e. The van der Waals surface area contributed by atoms with E-state index in [0.29, 0.717) is 23.0 Å². The number of H-pyrrole nitrogens is 1. The first-order chi connectivity index (χ1) is 15.5. The molecular weight excluding hydrogens is 419 g/mol. The Labute approximate surface area is 183 Å². The number of halogens is 3. The molecule has 3 aliphatic rings. The molecule has 2 aromatic heterocycles. The molecule has 32 heavy (non-hydrogen) atoms. The third kappa shape index (κ3) is 3.34. The summed E-state index contributed by atoms with van der Waals surface area (Å²) < 4.78 is 45.5. The maximum atomic E-state index is 13.3. The van der Waals surface area contributed by atoms with Gasteiger partial charge in [0.1, 0.15) is 23.5 Å². The molecule has 9 heteroatoms. The molecular formula is C23H24F3N5O. The number of anilines is 1. The molecule has 0 bridgehead atoms. The van der Waals surface area contributed by atoms with Crippen LogP contribution < -0.4 is 5.32 Å². The minimum absolute atomic E-state index is 0.0676. The van der Waals surface area contributed by atoms with Crippen LogP contribution in [0.4, 0.5) is 19.0 Å². The Kier molecular flexibility index (Phi) is 4.65. The molecule has 1 aliphatic carbocycles. The van der Waals surface area contributed by atoms with E-state index in [1.54, 1.807) is 0 Å². The Morgan fingerprint density at radius 2 is 1.88 bits per heavy atom. The average molecular weight is 443 g/mol. The molecule has 0 amide bonds. The number of fused-ring (bicyclic) bond motifs is 3. The van der Waals surface area contributed by atoms with Gasteiger partial charge in [-0.1, -0.05) is 24.3 Å². The third-order valence-electron chi connectivity index (χ3n) is 7.25. The van der Waals surface area contributed by atoms with Crippen LogP contribution in [0.2, 0.25) is 0 Å². The van der Waals surface area contributed by atoms with E-state index < -0.39 is 11.9 Å². The number of alkyl halides is 3. The van der Waals surface area contributed by atoms with Gasteiger partial charge in [0.25, 0.3) is 0 Å². The maximum absolute atomic E-state index is 13.3. The fourth-order valence-corrected chi connectivity index (χ4v) is 5.66. The van der Waals surface area contributed by atoms with Crippen LogP contribution in [-0.4, -0.2) is 52.2 Å². The minimum Gasteiger partial charge on any atom is -0.381 e. The summed E-state index contributed by atoms with van der Waals surface area (Å²) in [6, 6.07) is 9.59. The zero-order valence-electron chi connectivity index (χ0n) is 17.4. The van der Waals surface area contributed by atoms with Gasteiger partial charge in [-0.05, 0) is 30.0 Å². The number of aryl methyl sites for hydroxylation is 1. The van der Waals surface area contributed by atoms with Crippen LogP contribution >= 0.6 is 0 Å². The first-order valence-electron chi connectivity index (χ1n) is 11.0. The van der Waals surface area contributed by atoms with E-state index in [4.69, 9.17) is 4.74 Å². The standard InChI is InChI=1S/C23H24F3N5O/c24-23(25,26)19-7-17-21(29-19)27-12-28-22(17)30-20-16-4-2-1-3-13(16)5-6-18(20)31-8-14-10-32-11-15(14)9-31/h1-4,7,12,14-15,18,20H,5-6,8-11H2,(H2,27,28,29,30)/t14-,15-,18+,20+/m0/s1. The lowest BCUT2D eigenvalue weighted by atomic mass is 9.83. The van der Waals surface area contributed by atoms with Crippen molar-refractivity contribution in [3.8, 4) is 0 Å². The summed E-state index contributed by atoms with van der Waals surface area (Å²) in [5, 5.41) is 3.88. The fourth-order valence-electron chi connectivity index (χ4n) is 5.66. The lowest BCUT2D eigenvalue weighted by molar-refractivity contribution is -0.140. The van der Waals surface area contributed by atoms with Gasteiger partial charge in [-0.15, -0.1) is 0 Å². The number of hydrogen-bond acceptors (Lipinski definition) is 5. The third-order valence-corrected chi connectivity index (χ3v) is 7.25. The van der Waals surface area contributed by atoms with Gasteiger partial charge in [-0.25, -0.2) is 9.97 Å². The van der Waals surface area contributed by atoms with Crippen molar-refractivity contribution in [2.75, 3.05) is 31.6 Å². The quantitative estimate of drug-likeness (QED) is 0.640. The molecule has 4 heterocycles. The SMILES string of the molecule is FC(F)(F)c1cc2c(N[C@@H]3c4ccccc4CC[C@H]3N3C[C@H]4COC[C@@H]4C3)ncnc2[nH]1. The second kappa shape index (κ2) is 7.45. The minimum atomic E-state index is -4.46. The highest BCUT2D eigenvalue weighted by Crippen LogP contribution is 2.41. The van der Waals surface area contributed by atoms with Crippen molar-refractivity contribution < 1.29 is 17.9 Å². The number of nitrogens with zero attached hydrogens (tertiary/aromatic N) is 3. The Hall–Kier alpha value is -2.65. The zero-order valence-corrected chi connectivity index (χ0v) is 17.4. The molecule has 2 N–H and O–H groups in total. The Morgan fingerprint density at radius 3 is 2.66 bits per heavy atom. The van der Waals surface area contributed by atoms with E-state index in [0.717, 1.165) is 45.2 Å². The van der Waals surface area contributed by atoms with Crippen LogP contribution in [-0.2, 0) is 17.3 Å². The molecule has 2 aliphatic heterocycles. The van der Waals surface area contributed by atoms with Crippen molar-refractivity contribution in [3.05, 3.63) is 53.5 Å². The van der Waals surface area contributed by atoms with E-state index in [2.05, 4.69) is 37.3 Å². The van der Waals surface area contributed by atoms with Gasteiger partial charge in [0, 0.05) is 31.0 Å². The topological polar surface area (TPSA) is 66.1 Å². The molecule has 6 rings (SSSR count). The highest BCUT2D eigenvalue weighted by atomic mass is 19.4. The first-order valence-corrected chi connectivity index (χ1v) is 11.0. The predicted octanol–water partition coefficient (Wildman–Crippen LogP) is 4.02. The fraction of sp³-hybridized carbons (Fsp3) is 0.478.